The predicted molar refractivity (Wildman–Crippen MR) is 74.1 cm³/mol. The lowest BCUT2D eigenvalue weighted by molar-refractivity contribution is -0.116. The Hall–Kier alpha value is -1.16. The fraction of sp³-hybridized carbons (Fsp3) is 0.429. The molecule has 0 amide bonds. The van der Waals surface area contributed by atoms with E-state index in [1.807, 2.05) is 19.1 Å². The fourth-order valence-corrected chi connectivity index (χ4v) is 2.35. The third-order valence-corrected chi connectivity index (χ3v) is 3.79. The molecule has 0 saturated heterocycles. The molecule has 1 rings (SSSR count). The number of alkyl halides is 1. The molecule has 0 bridgehead atoms. The molecule has 0 radical (unpaired) electrons. The van der Waals surface area contributed by atoms with E-state index in [9.17, 15) is 9.59 Å². The van der Waals surface area contributed by atoms with Crippen LogP contribution < -0.4 is 0 Å². The Labute approximate surface area is 116 Å². The molecule has 0 aliphatic heterocycles. The van der Waals surface area contributed by atoms with Gasteiger partial charge in [0.2, 0.25) is 0 Å². The van der Waals surface area contributed by atoms with Crippen LogP contribution in [0.2, 0.25) is 0 Å². The molecule has 0 aromatic heterocycles. The van der Waals surface area contributed by atoms with Crippen LogP contribution in [0.3, 0.4) is 0 Å². The first kappa shape index (κ1) is 14.9. The van der Waals surface area contributed by atoms with Gasteiger partial charge in [-0.15, -0.1) is 0 Å². The zero-order valence-corrected chi connectivity index (χ0v) is 12.4. The van der Waals surface area contributed by atoms with Crippen LogP contribution in [0.25, 0.3) is 0 Å². The molecule has 4 heteroatoms. The molecule has 0 aliphatic rings. The Morgan fingerprint density at radius 1 is 1.33 bits per heavy atom. The average molecular weight is 313 g/mol. The Balaban J connectivity index is 3.33. The highest BCUT2D eigenvalue weighted by molar-refractivity contribution is 9.09. The van der Waals surface area contributed by atoms with E-state index >= 15 is 0 Å². The summed E-state index contributed by atoms with van der Waals surface area (Å²) in [5.41, 5.74) is 2.18. The molecule has 0 saturated carbocycles. The first-order valence-corrected chi connectivity index (χ1v) is 6.87. The van der Waals surface area contributed by atoms with Crippen molar-refractivity contribution in [3.05, 3.63) is 34.9 Å². The number of hydrogen-bond donors (Lipinski definition) is 0. The average Bonchev–Trinajstić information content (AvgIpc) is 2.37. The molecule has 0 heterocycles. The molecule has 98 valence electrons. The van der Waals surface area contributed by atoms with Crippen molar-refractivity contribution in [2.75, 3.05) is 6.61 Å². The maximum absolute atomic E-state index is 11.9. The molecule has 0 fully saturated rings. The van der Waals surface area contributed by atoms with Crippen molar-refractivity contribution in [1.82, 2.24) is 0 Å². The number of ketones is 1. The summed E-state index contributed by atoms with van der Waals surface area (Å²) in [5.74, 6) is -0.407. The second-order valence-electron chi connectivity index (χ2n) is 3.93. The molecule has 0 N–H and O–H groups in total. The minimum atomic E-state index is -0.465. The normalized spacial score (nSPS) is 12.0. The molecule has 1 unspecified atom stereocenters. The topological polar surface area (TPSA) is 43.4 Å². The molecule has 1 aromatic carbocycles. The van der Waals surface area contributed by atoms with Crippen molar-refractivity contribution in [2.45, 2.75) is 32.0 Å². The standard InChI is InChI=1S/C14H17BrO3/c1-4-10-7-6-8-11(14(17)18-5-2)12(10)13(15)9(3)16/h6-8,13H,4-5H2,1-3H3. The van der Waals surface area contributed by atoms with Crippen molar-refractivity contribution in [1.29, 1.82) is 0 Å². The number of esters is 1. The third kappa shape index (κ3) is 3.19. The van der Waals surface area contributed by atoms with Gasteiger partial charge in [-0.2, -0.15) is 0 Å². The number of aryl methyl sites for hydroxylation is 1. The molecule has 3 nitrogen and oxygen atoms in total. The second-order valence-corrected chi connectivity index (χ2v) is 4.84. The summed E-state index contributed by atoms with van der Waals surface area (Å²) >= 11 is 3.35. The quantitative estimate of drug-likeness (QED) is 0.618. The van der Waals surface area contributed by atoms with Gasteiger partial charge in [-0.05, 0) is 37.5 Å². The molecule has 0 spiro atoms. The summed E-state index contributed by atoms with van der Waals surface area (Å²) in [4.78, 5) is 23.0. The van der Waals surface area contributed by atoms with E-state index in [0.29, 0.717) is 12.2 Å². The SMILES string of the molecule is CCOC(=O)c1cccc(CC)c1C(Br)C(C)=O. The van der Waals surface area contributed by atoms with Gasteiger partial charge in [0.05, 0.1) is 17.0 Å². The van der Waals surface area contributed by atoms with E-state index in [1.54, 1.807) is 13.0 Å². The van der Waals surface area contributed by atoms with Gasteiger partial charge in [0.1, 0.15) is 5.78 Å². The van der Waals surface area contributed by atoms with Crippen LogP contribution in [0.4, 0.5) is 0 Å². The van der Waals surface area contributed by atoms with E-state index in [4.69, 9.17) is 4.74 Å². The van der Waals surface area contributed by atoms with Crippen molar-refractivity contribution >= 4 is 27.7 Å². The first-order valence-electron chi connectivity index (χ1n) is 5.96. The maximum Gasteiger partial charge on any atom is 0.338 e. The lowest BCUT2D eigenvalue weighted by atomic mass is 9.95. The number of hydrogen-bond acceptors (Lipinski definition) is 3. The van der Waals surface area contributed by atoms with Crippen LogP contribution in [0, 0.1) is 0 Å². The number of halogens is 1. The van der Waals surface area contributed by atoms with Crippen molar-refractivity contribution in [2.24, 2.45) is 0 Å². The predicted octanol–water partition coefficient (Wildman–Crippen LogP) is 3.45. The van der Waals surface area contributed by atoms with E-state index in [-0.39, 0.29) is 11.8 Å². The summed E-state index contributed by atoms with van der Waals surface area (Å²) in [6, 6.07) is 5.44. The molecule has 18 heavy (non-hydrogen) atoms. The Bertz CT molecular complexity index is 454. The van der Waals surface area contributed by atoms with Crippen molar-refractivity contribution < 1.29 is 14.3 Å². The van der Waals surface area contributed by atoms with Crippen LogP contribution >= 0.6 is 15.9 Å². The van der Waals surface area contributed by atoms with Gasteiger partial charge in [-0.3, -0.25) is 4.79 Å². The zero-order chi connectivity index (χ0) is 13.7. The zero-order valence-electron chi connectivity index (χ0n) is 10.8. The molecule has 0 aliphatic carbocycles. The van der Waals surface area contributed by atoms with Crippen LogP contribution in [0.5, 0.6) is 0 Å². The van der Waals surface area contributed by atoms with E-state index in [2.05, 4.69) is 15.9 Å². The van der Waals surface area contributed by atoms with Gasteiger partial charge in [0, 0.05) is 0 Å². The van der Waals surface area contributed by atoms with Crippen LogP contribution in [-0.4, -0.2) is 18.4 Å². The van der Waals surface area contributed by atoms with Crippen molar-refractivity contribution in [3.63, 3.8) is 0 Å². The highest BCUT2D eigenvalue weighted by atomic mass is 79.9. The highest BCUT2D eigenvalue weighted by Crippen LogP contribution is 2.31. The second kappa shape index (κ2) is 6.69. The Kier molecular flexibility index (Phi) is 5.54. The smallest absolute Gasteiger partial charge is 0.338 e. The minimum absolute atomic E-state index is 0.0264. The maximum atomic E-state index is 11.9. The summed E-state index contributed by atoms with van der Waals surface area (Å²) in [6.45, 7) is 5.58. The first-order chi connectivity index (χ1) is 8.52. The lowest BCUT2D eigenvalue weighted by Gasteiger charge is -2.16. The summed E-state index contributed by atoms with van der Waals surface area (Å²) in [5, 5.41) is 0. The van der Waals surface area contributed by atoms with Gasteiger partial charge >= 0.3 is 5.97 Å². The van der Waals surface area contributed by atoms with Crippen molar-refractivity contribution in [3.8, 4) is 0 Å². The van der Waals surface area contributed by atoms with Crippen LogP contribution in [0.15, 0.2) is 18.2 Å². The summed E-state index contributed by atoms with van der Waals surface area (Å²) < 4.78 is 5.03. The highest BCUT2D eigenvalue weighted by Gasteiger charge is 2.23. The fourth-order valence-electron chi connectivity index (χ4n) is 1.81. The number of Topliss-reactive ketones (excluding diaryl/α,β-unsaturated/α-hetero) is 1. The Morgan fingerprint density at radius 3 is 2.50 bits per heavy atom. The van der Waals surface area contributed by atoms with Crippen LogP contribution in [0.1, 0.15) is 47.1 Å². The van der Waals surface area contributed by atoms with E-state index in [0.717, 1.165) is 17.5 Å². The van der Waals surface area contributed by atoms with Gasteiger partial charge in [-0.25, -0.2) is 4.79 Å². The van der Waals surface area contributed by atoms with Gasteiger partial charge in [0.15, 0.2) is 0 Å². The number of ether oxygens (including phenoxy) is 1. The number of benzene rings is 1. The lowest BCUT2D eigenvalue weighted by Crippen LogP contribution is -2.14. The monoisotopic (exact) mass is 312 g/mol. The summed E-state index contributed by atoms with van der Waals surface area (Å²) in [6.07, 6.45) is 0.762. The molecular weight excluding hydrogens is 296 g/mol. The van der Waals surface area contributed by atoms with E-state index in [1.165, 1.54) is 6.92 Å². The van der Waals surface area contributed by atoms with Gasteiger partial charge in [-0.1, -0.05) is 35.0 Å². The number of carbonyl (C=O) groups excluding carboxylic acids is 2. The molecule has 1 aromatic rings. The summed E-state index contributed by atoms with van der Waals surface area (Å²) in [7, 11) is 0. The van der Waals surface area contributed by atoms with Crippen LogP contribution in [-0.2, 0) is 16.0 Å². The number of carbonyl (C=O) groups is 2. The third-order valence-electron chi connectivity index (χ3n) is 2.68. The minimum Gasteiger partial charge on any atom is -0.462 e. The Morgan fingerprint density at radius 2 is 2.00 bits per heavy atom. The van der Waals surface area contributed by atoms with E-state index < -0.39 is 4.83 Å². The number of rotatable bonds is 5. The van der Waals surface area contributed by atoms with Gasteiger partial charge < -0.3 is 4.74 Å². The molecule has 1 atom stereocenters. The van der Waals surface area contributed by atoms with Gasteiger partial charge in [0.25, 0.3) is 0 Å². The largest absolute Gasteiger partial charge is 0.462 e. The molecular formula is C14H17BrO3.